The molecule has 0 aliphatic carbocycles. The van der Waals surface area contributed by atoms with Crippen LogP contribution in [0.25, 0.3) is 11.1 Å². The summed E-state index contributed by atoms with van der Waals surface area (Å²) in [6.45, 7) is 7.05. The third-order valence-corrected chi connectivity index (χ3v) is 6.38. The number of benzene rings is 3. The number of hydrogen-bond donors (Lipinski definition) is 3. The van der Waals surface area contributed by atoms with Gasteiger partial charge < -0.3 is 25.2 Å². The van der Waals surface area contributed by atoms with Gasteiger partial charge >= 0.3 is 12.1 Å². The Kier molecular flexibility index (Phi) is 9.28. The van der Waals surface area contributed by atoms with Gasteiger partial charge in [0.05, 0.1) is 0 Å². The molecule has 8 nitrogen and oxygen atoms in total. The number of carboxylic acid groups (broad SMARTS) is 1. The fourth-order valence-corrected chi connectivity index (χ4v) is 4.45. The number of fused-ring (bicyclic) bond motifs is 1. The summed E-state index contributed by atoms with van der Waals surface area (Å²) in [5, 5.41) is 13.6. The number of amides is 1. The van der Waals surface area contributed by atoms with Gasteiger partial charge in [-0.2, -0.15) is 13.2 Å². The molecule has 3 aromatic carbocycles. The average Bonchev–Trinajstić information content (AvgIpc) is 3.40. The Morgan fingerprint density at radius 1 is 1.00 bits per heavy atom. The molecule has 212 valence electrons. The van der Waals surface area contributed by atoms with Crippen molar-refractivity contribution in [1.82, 2.24) is 15.5 Å². The lowest BCUT2D eigenvalue weighted by atomic mass is 10.0. The summed E-state index contributed by atoms with van der Waals surface area (Å²) in [7, 11) is 0. The predicted octanol–water partition coefficient (Wildman–Crippen LogP) is 4.44. The Morgan fingerprint density at radius 3 is 2.33 bits per heavy atom. The van der Waals surface area contributed by atoms with Crippen molar-refractivity contribution >= 4 is 11.9 Å². The zero-order valence-electron chi connectivity index (χ0n) is 21.8. The number of carbonyl (C=O) groups excluding carboxylic acids is 1. The third-order valence-electron chi connectivity index (χ3n) is 6.38. The molecule has 0 saturated carbocycles. The van der Waals surface area contributed by atoms with Crippen LogP contribution in [-0.2, 0) is 17.9 Å². The number of nitrogens with one attached hydrogen (secondary N) is 2. The SMILES string of the molecule is C[C@H]1CN(Cc2cccc(-c3cccc(CNC(=O)c4ccc5c(c4)OCO5)c3)c2)CCN1.O=C(O)C(F)(F)F. The van der Waals surface area contributed by atoms with Crippen LogP contribution in [-0.4, -0.2) is 60.5 Å². The number of nitrogens with zero attached hydrogens (tertiary/aromatic N) is 1. The second-order valence-corrected chi connectivity index (χ2v) is 9.54. The highest BCUT2D eigenvalue weighted by molar-refractivity contribution is 5.94. The van der Waals surface area contributed by atoms with Gasteiger partial charge in [-0.25, -0.2) is 4.79 Å². The quantitative estimate of drug-likeness (QED) is 0.412. The van der Waals surface area contributed by atoms with E-state index in [0.29, 0.717) is 29.6 Å². The van der Waals surface area contributed by atoms with Crippen molar-refractivity contribution in [3.63, 3.8) is 0 Å². The lowest BCUT2D eigenvalue weighted by Crippen LogP contribution is -2.48. The number of rotatable bonds is 6. The minimum atomic E-state index is -5.08. The Bertz CT molecular complexity index is 1350. The van der Waals surface area contributed by atoms with E-state index in [9.17, 15) is 18.0 Å². The van der Waals surface area contributed by atoms with Crippen molar-refractivity contribution in [2.24, 2.45) is 0 Å². The molecule has 1 fully saturated rings. The molecule has 1 saturated heterocycles. The van der Waals surface area contributed by atoms with E-state index in [1.807, 2.05) is 12.1 Å². The molecule has 3 N–H and O–H groups in total. The maximum absolute atomic E-state index is 12.6. The molecule has 0 spiro atoms. The zero-order chi connectivity index (χ0) is 28.7. The van der Waals surface area contributed by atoms with Crippen molar-refractivity contribution in [2.75, 3.05) is 26.4 Å². The van der Waals surface area contributed by atoms with Crippen LogP contribution in [0, 0.1) is 0 Å². The fourth-order valence-electron chi connectivity index (χ4n) is 4.45. The summed E-state index contributed by atoms with van der Waals surface area (Å²) in [6.07, 6.45) is -5.08. The average molecular weight is 558 g/mol. The zero-order valence-corrected chi connectivity index (χ0v) is 21.8. The molecule has 40 heavy (non-hydrogen) atoms. The fraction of sp³-hybridized carbons (Fsp3) is 0.310. The van der Waals surface area contributed by atoms with Crippen LogP contribution in [0.3, 0.4) is 0 Å². The first-order valence-electron chi connectivity index (χ1n) is 12.7. The third kappa shape index (κ3) is 7.96. The molecule has 5 rings (SSSR count). The van der Waals surface area contributed by atoms with Crippen LogP contribution >= 0.6 is 0 Å². The lowest BCUT2D eigenvalue weighted by molar-refractivity contribution is -0.192. The molecule has 2 aliphatic rings. The molecular weight excluding hydrogens is 527 g/mol. The van der Waals surface area contributed by atoms with E-state index in [-0.39, 0.29) is 12.7 Å². The summed E-state index contributed by atoms with van der Waals surface area (Å²) in [6, 6.07) is 22.9. The topological polar surface area (TPSA) is 100 Å². The highest BCUT2D eigenvalue weighted by Gasteiger charge is 2.38. The number of alkyl halides is 3. The summed E-state index contributed by atoms with van der Waals surface area (Å²) >= 11 is 0. The lowest BCUT2D eigenvalue weighted by Gasteiger charge is -2.31. The second kappa shape index (κ2) is 12.8. The first-order chi connectivity index (χ1) is 19.1. The molecule has 0 unspecified atom stereocenters. The van der Waals surface area contributed by atoms with E-state index in [1.54, 1.807) is 18.2 Å². The number of piperazine rings is 1. The number of hydrogen-bond acceptors (Lipinski definition) is 6. The molecule has 1 atom stereocenters. The molecular formula is C29H30F3N3O5. The highest BCUT2D eigenvalue weighted by atomic mass is 19.4. The molecule has 1 amide bonds. The van der Waals surface area contributed by atoms with Crippen molar-refractivity contribution in [3.8, 4) is 22.6 Å². The van der Waals surface area contributed by atoms with Crippen LogP contribution in [0.1, 0.15) is 28.4 Å². The van der Waals surface area contributed by atoms with E-state index in [0.717, 1.165) is 37.3 Å². The largest absolute Gasteiger partial charge is 0.490 e. The van der Waals surface area contributed by atoms with Gasteiger partial charge in [0.2, 0.25) is 6.79 Å². The Labute approximate surface area is 229 Å². The Morgan fingerprint density at radius 2 is 1.65 bits per heavy atom. The van der Waals surface area contributed by atoms with E-state index < -0.39 is 12.1 Å². The maximum atomic E-state index is 12.6. The number of ether oxygens (including phenoxy) is 2. The van der Waals surface area contributed by atoms with Gasteiger partial charge in [0.15, 0.2) is 11.5 Å². The van der Waals surface area contributed by atoms with Gasteiger partial charge in [0.25, 0.3) is 5.91 Å². The number of halogens is 3. The van der Waals surface area contributed by atoms with E-state index in [2.05, 4.69) is 58.9 Å². The monoisotopic (exact) mass is 557 g/mol. The standard InChI is InChI=1S/C27H29N3O3.C2HF3O2/c1-19-16-30(11-10-28-19)17-21-5-3-7-23(13-21)22-6-2-4-20(12-22)15-29-27(31)24-8-9-25-26(14-24)33-18-32-25;3-2(4,5)1(6)7/h2-9,12-14,19,28H,10-11,15-18H2,1H3,(H,29,31);(H,6,7)/t19-;/m0./s1. The smallest absolute Gasteiger partial charge is 0.475 e. The van der Waals surface area contributed by atoms with Gasteiger partial charge in [-0.3, -0.25) is 9.69 Å². The van der Waals surface area contributed by atoms with Crippen molar-refractivity contribution in [3.05, 3.63) is 83.4 Å². The van der Waals surface area contributed by atoms with Crippen molar-refractivity contribution in [1.29, 1.82) is 0 Å². The predicted molar refractivity (Wildman–Crippen MR) is 142 cm³/mol. The van der Waals surface area contributed by atoms with Gasteiger partial charge in [-0.05, 0) is 59.5 Å². The van der Waals surface area contributed by atoms with Crippen LogP contribution < -0.4 is 20.1 Å². The normalized spacial score (nSPS) is 16.6. The van der Waals surface area contributed by atoms with Gasteiger partial charge in [-0.15, -0.1) is 0 Å². The molecule has 2 aliphatic heterocycles. The summed E-state index contributed by atoms with van der Waals surface area (Å²) in [4.78, 5) is 24.0. The molecule has 0 bridgehead atoms. The van der Waals surface area contributed by atoms with E-state index in [4.69, 9.17) is 19.4 Å². The van der Waals surface area contributed by atoms with E-state index >= 15 is 0 Å². The van der Waals surface area contributed by atoms with Gasteiger partial charge in [0, 0.05) is 44.3 Å². The van der Waals surface area contributed by atoms with Crippen LogP contribution in [0.15, 0.2) is 66.7 Å². The summed E-state index contributed by atoms with van der Waals surface area (Å²) in [5.41, 5.74) is 5.29. The minimum Gasteiger partial charge on any atom is -0.475 e. The number of aliphatic carboxylic acids is 1. The minimum absolute atomic E-state index is 0.133. The first kappa shape index (κ1) is 28.9. The summed E-state index contributed by atoms with van der Waals surface area (Å²) in [5.74, 6) is -1.61. The number of carboxylic acids is 1. The molecule has 11 heteroatoms. The second-order valence-electron chi connectivity index (χ2n) is 9.54. The van der Waals surface area contributed by atoms with Gasteiger partial charge in [-0.1, -0.05) is 36.4 Å². The summed E-state index contributed by atoms with van der Waals surface area (Å²) < 4.78 is 42.4. The highest BCUT2D eigenvalue weighted by Crippen LogP contribution is 2.32. The molecule has 0 aromatic heterocycles. The van der Waals surface area contributed by atoms with Crippen molar-refractivity contribution in [2.45, 2.75) is 32.2 Å². The Balaban J connectivity index is 0.000000470. The van der Waals surface area contributed by atoms with Crippen LogP contribution in [0.4, 0.5) is 13.2 Å². The maximum Gasteiger partial charge on any atom is 0.490 e. The first-order valence-corrected chi connectivity index (χ1v) is 12.7. The van der Waals surface area contributed by atoms with E-state index in [1.165, 1.54) is 11.1 Å². The molecule has 0 radical (unpaired) electrons. The number of carbonyl (C=O) groups is 2. The molecule has 3 aromatic rings. The van der Waals surface area contributed by atoms with Crippen LogP contribution in [0.5, 0.6) is 11.5 Å². The van der Waals surface area contributed by atoms with Gasteiger partial charge in [0.1, 0.15) is 0 Å². The Hall–Kier alpha value is -4.09. The van der Waals surface area contributed by atoms with Crippen molar-refractivity contribution < 1.29 is 37.3 Å². The van der Waals surface area contributed by atoms with Crippen LogP contribution in [0.2, 0.25) is 0 Å². The molecule has 2 heterocycles.